The Morgan fingerprint density at radius 1 is 1.11 bits per heavy atom. The predicted octanol–water partition coefficient (Wildman–Crippen LogP) is 2.50. The molecule has 0 fully saturated rings. The number of rotatable bonds is 6. The SMILES string of the molecule is COc1ccc(C(=O)C(Br)C(Br)C(=O)O)cc1OC. The Morgan fingerprint density at radius 2 is 1.68 bits per heavy atom. The van der Waals surface area contributed by atoms with Crippen LogP contribution in [0, 0.1) is 0 Å². The number of benzene rings is 1. The molecule has 1 aromatic rings. The van der Waals surface area contributed by atoms with Crippen molar-refractivity contribution >= 4 is 43.6 Å². The normalized spacial score (nSPS) is 13.5. The molecular formula is C12H12Br2O5. The third kappa shape index (κ3) is 3.70. The molecule has 0 aliphatic heterocycles. The molecule has 0 bridgehead atoms. The lowest BCUT2D eigenvalue weighted by atomic mass is 10.1. The van der Waals surface area contributed by atoms with E-state index >= 15 is 0 Å². The second kappa shape index (κ2) is 6.91. The van der Waals surface area contributed by atoms with Gasteiger partial charge in [0.25, 0.3) is 0 Å². The van der Waals surface area contributed by atoms with Gasteiger partial charge < -0.3 is 14.6 Å². The number of ketones is 1. The first-order valence-electron chi connectivity index (χ1n) is 5.19. The van der Waals surface area contributed by atoms with E-state index in [9.17, 15) is 9.59 Å². The van der Waals surface area contributed by atoms with Crippen LogP contribution in [0.3, 0.4) is 0 Å². The fourth-order valence-electron chi connectivity index (χ4n) is 1.41. The molecule has 2 unspecified atom stereocenters. The maximum absolute atomic E-state index is 12.1. The molecule has 0 saturated heterocycles. The van der Waals surface area contributed by atoms with Gasteiger partial charge in [0.1, 0.15) is 9.65 Å². The maximum Gasteiger partial charge on any atom is 0.318 e. The van der Waals surface area contributed by atoms with Crippen molar-refractivity contribution in [2.75, 3.05) is 14.2 Å². The first-order chi connectivity index (χ1) is 8.92. The number of hydrogen-bond donors (Lipinski definition) is 1. The highest BCUT2D eigenvalue weighted by Crippen LogP contribution is 2.29. The van der Waals surface area contributed by atoms with E-state index in [2.05, 4.69) is 31.9 Å². The summed E-state index contributed by atoms with van der Waals surface area (Å²) < 4.78 is 10.2. The smallest absolute Gasteiger partial charge is 0.318 e. The van der Waals surface area contributed by atoms with Crippen LogP contribution < -0.4 is 9.47 Å². The summed E-state index contributed by atoms with van der Waals surface area (Å²) in [5, 5.41) is 8.86. The average Bonchev–Trinajstić information content (AvgIpc) is 2.43. The molecule has 0 aromatic heterocycles. The van der Waals surface area contributed by atoms with Crippen molar-refractivity contribution in [1.82, 2.24) is 0 Å². The Balaban J connectivity index is 3.03. The van der Waals surface area contributed by atoms with Gasteiger partial charge in [-0.15, -0.1) is 0 Å². The van der Waals surface area contributed by atoms with Crippen molar-refractivity contribution in [1.29, 1.82) is 0 Å². The number of Topliss-reactive ketones (excluding diaryl/α,β-unsaturated/α-hetero) is 1. The Hall–Kier alpha value is -1.08. The molecule has 0 heterocycles. The van der Waals surface area contributed by atoms with Gasteiger partial charge >= 0.3 is 5.97 Å². The standard InChI is InChI=1S/C12H12Br2O5/c1-18-7-4-3-6(5-8(7)19-2)11(15)9(13)10(14)12(16)17/h3-5,9-10H,1-2H3,(H,16,17). The topological polar surface area (TPSA) is 72.8 Å². The Bertz CT molecular complexity index is 489. The quantitative estimate of drug-likeness (QED) is 0.591. The highest BCUT2D eigenvalue weighted by molar-refractivity contribution is 9.12. The molecule has 1 rings (SSSR count). The van der Waals surface area contributed by atoms with Crippen molar-refractivity contribution in [3.05, 3.63) is 23.8 Å². The molecule has 5 nitrogen and oxygen atoms in total. The second-order valence-corrected chi connectivity index (χ2v) is 5.55. The summed E-state index contributed by atoms with van der Waals surface area (Å²) in [6, 6.07) is 4.66. The average molecular weight is 396 g/mol. The molecule has 0 amide bonds. The van der Waals surface area contributed by atoms with Crippen molar-refractivity contribution in [3.8, 4) is 11.5 Å². The molecule has 1 N–H and O–H groups in total. The maximum atomic E-state index is 12.1. The van der Waals surface area contributed by atoms with Gasteiger partial charge in [0.2, 0.25) is 0 Å². The molecular weight excluding hydrogens is 384 g/mol. The van der Waals surface area contributed by atoms with Gasteiger partial charge in [0, 0.05) is 5.56 Å². The number of hydrogen-bond acceptors (Lipinski definition) is 4. The van der Waals surface area contributed by atoms with Gasteiger partial charge in [-0.05, 0) is 18.2 Å². The van der Waals surface area contributed by atoms with Gasteiger partial charge in [-0.25, -0.2) is 0 Å². The molecule has 1 aromatic carbocycles. The number of ether oxygens (including phenoxy) is 2. The molecule has 104 valence electrons. The van der Waals surface area contributed by atoms with Crippen LogP contribution in [0.25, 0.3) is 0 Å². The van der Waals surface area contributed by atoms with Crippen molar-refractivity contribution in [2.24, 2.45) is 0 Å². The van der Waals surface area contributed by atoms with E-state index in [4.69, 9.17) is 14.6 Å². The summed E-state index contributed by atoms with van der Waals surface area (Å²) in [5.74, 6) is -0.561. The zero-order chi connectivity index (χ0) is 14.6. The summed E-state index contributed by atoms with van der Waals surface area (Å²) in [7, 11) is 2.95. The summed E-state index contributed by atoms with van der Waals surface area (Å²) >= 11 is 6.02. The van der Waals surface area contributed by atoms with Crippen molar-refractivity contribution in [3.63, 3.8) is 0 Å². The number of aliphatic carboxylic acids is 1. The van der Waals surface area contributed by atoms with E-state index < -0.39 is 15.6 Å². The lowest BCUT2D eigenvalue weighted by Gasteiger charge is -2.13. The molecule has 0 aliphatic carbocycles. The van der Waals surface area contributed by atoms with Gasteiger partial charge in [-0.1, -0.05) is 31.9 Å². The number of carboxylic acid groups (broad SMARTS) is 1. The number of methoxy groups -OCH3 is 2. The van der Waals surface area contributed by atoms with Gasteiger partial charge in [0.05, 0.1) is 14.2 Å². The fourth-order valence-corrected chi connectivity index (χ4v) is 2.14. The van der Waals surface area contributed by atoms with Crippen LogP contribution >= 0.6 is 31.9 Å². The lowest BCUT2D eigenvalue weighted by Crippen LogP contribution is -2.30. The van der Waals surface area contributed by atoms with Crippen molar-refractivity contribution in [2.45, 2.75) is 9.65 Å². The van der Waals surface area contributed by atoms with Crippen LogP contribution in [0.2, 0.25) is 0 Å². The van der Waals surface area contributed by atoms with Gasteiger partial charge in [-0.3, -0.25) is 9.59 Å². The molecule has 19 heavy (non-hydrogen) atoms. The summed E-state index contributed by atoms with van der Waals surface area (Å²) in [4.78, 5) is 21.1. The monoisotopic (exact) mass is 394 g/mol. The van der Waals surface area contributed by atoms with E-state index in [0.29, 0.717) is 17.1 Å². The third-order valence-corrected chi connectivity index (χ3v) is 4.99. The molecule has 7 heteroatoms. The van der Waals surface area contributed by atoms with Crippen LogP contribution in [0.1, 0.15) is 10.4 Å². The van der Waals surface area contributed by atoms with Crippen LogP contribution in [0.15, 0.2) is 18.2 Å². The first kappa shape index (κ1) is 16.0. The lowest BCUT2D eigenvalue weighted by molar-refractivity contribution is -0.136. The van der Waals surface area contributed by atoms with Gasteiger partial charge in [0.15, 0.2) is 17.3 Å². The van der Waals surface area contributed by atoms with E-state index in [1.54, 1.807) is 12.1 Å². The highest BCUT2D eigenvalue weighted by Gasteiger charge is 2.30. The molecule has 0 aliphatic rings. The number of carbonyl (C=O) groups excluding carboxylic acids is 1. The van der Waals surface area contributed by atoms with Crippen LogP contribution in [0.5, 0.6) is 11.5 Å². The number of alkyl halides is 2. The minimum absolute atomic E-state index is 0.338. The second-order valence-electron chi connectivity index (χ2n) is 3.58. The molecule has 0 radical (unpaired) electrons. The molecule has 0 saturated carbocycles. The summed E-state index contributed by atoms with van der Waals surface area (Å²) in [5.41, 5.74) is 0.338. The van der Waals surface area contributed by atoms with E-state index in [0.717, 1.165) is 0 Å². The van der Waals surface area contributed by atoms with Crippen LogP contribution in [-0.2, 0) is 4.79 Å². The number of carbonyl (C=O) groups is 2. The number of carboxylic acids is 1. The Kier molecular flexibility index (Phi) is 5.81. The Labute approximate surface area is 127 Å². The van der Waals surface area contributed by atoms with E-state index in [1.165, 1.54) is 20.3 Å². The fraction of sp³-hybridized carbons (Fsp3) is 0.333. The van der Waals surface area contributed by atoms with Crippen molar-refractivity contribution < 1.29 is 24.2 Å². The minimum Gasteiger partial charge on any atom is -0.493 e. The largest absolute Gasteiger partial charge is 0.493 e. The zero-order valence-corrected chi connectivity index (χ0v) is 13.4. The van der Waals surface area contributed by atoms with E-state index in [1.807, 2.05) is 0 Å². The van der Waals surface area contributed by atoms with E-state index in [-0.39, 0.29) is 5.78 Å². The summed E-state index contributed by atoms with van der Waals surface area (Å²) in [6.07, 6.45) is 0. The first-order valence-corrected chi connectivity index (χ1v) is 7.02. The van der Waals surface area contributed by atoms with Gasteiger partial charge in [-0.2, -0.15) is 0 Å². The van der Waals surface area contributed by atoms with Crippen LogP contribution in [0.4, 0.5) is 0 Å². The van der Waals surface area contributed by atoms with Crippen LogP contribution in [-0.4, -0.2) is 40.7 Å². The number of halogens is 2. The molecule has 2 atom stereocenters. The summed E-state index contributed by atoms with van der Waals surface area (Å²) in [6.45, 7) is 0. The Morgan fingerprint density at radius 3 is 2.16 bits per heavy atom. The highest BCUT2D eigenvalue weighted by atomic mass is 79.9. The third-order valence-electron chi connectivity index (χ3n) is 2.41. The zero-order valence-electron chi connectivity index (χ0n) is 10.2. The minimum atomic E-state index is -1.12. The molecule has 0 spiro atoms. The predicted molar refractivity (Wildman–Crippen MR) is 76.9 cm³/mol.